The van der Waals surface area contributed by atoms with Crippen molar-refractivity contribution < 1.29 is 23.3 Å². The summed E-state index contributed by atoms with van der Waals surface area (Å²) >= 11 is 1.36. The molecule has 128 valence electrons. The molecule has 2 radical (unpaired) electrons. The Balaban J connectivity index is -0.000000133. The van der Waals surface area contributed by atoms with Crippen molar-refractivity contribution >= 4 is 42.5 Å². The normalized spacial score (nSPS) is 10.1. The Bertz CT molecular complexity index is 598. The van der Waals surface area contributed by atoms with Crippen molar-refractivity contribution in [3.8, 4) is 0 Å². The molecule has 0 saturated carbocycles. The molecule has 0 aromatic heterocycles. The SMILES string of the molecule is CC1=CC[C-]=C1.Cc1[cH-]c2ccccc2c1C.Cl.Cl.[CH3-].[CH3-].[Si]=[Zr]. The molecule has 0 saturated heterocycles. The summed E-state index contributed by atoms with van der Waals surface area (Å²) in [7, 11) is 0. The summed E-state index contributed by atoms with van der Waals surface area (Å²) in [5, 5.41) is 2.76. The van der Waals surface area contributed by atoms with Crippen LogP contribution < -0.4 is 0 Å². The van der Waals surface area contributed by atoms with Crippen LogP contribution in [0.3, 0.4) is 0 Å². The third-order valence-corrected chi connectivity index (χ3v) is 3.20. The van der Waals surface area contributed by atoms with Crippen LogP contribution in [-0.2, 0) is 23.3 Å². The second-order valence-electron chi connectivity index (χ2n) is 4.54. The molecule has 0 spiro atoms. The van der Waals surface area contributed by atoms with Gasteiger partial charge < -0.3 is 14.9 Å². The van der Waals surface area contributed by atoms with Gasteiger partial charge in [-0.1, -0.05) is 19.9 Å². The second kappa shape index (κ2) is 16.8. The number of halogens is 2. The average Bonchev–Trinajstić information content (AvgIpc) is 3.02. The van der Waals surface area contributed by atoms with Gasteiger partial charge in [0, 0.05) is 0 Å². The third kappa shape index (κ3) is 9.77. The van der Waals surface area contributed by atoms with Gasteiger partial charge in [-0.2, -0.15) is 11.6 Å². The molecule has 0 unspecified atom stereocenters. The standard InChI is InChI=1S/C11H11.C6H7.2CH3.2ClH.Si.Zr/c1-8-7-10-5-3-4-6-11(10)9(8)2;1-6-4-2-3-5-6;;;;;;/h3-7H,1-2H3;4-5H,2H2,1H3;2*1H3;2*1H;;/q4*-1;;;;. The Labute approximate surface area is 172 Å². The van der Waals surface area contributed by atoms with Gasteiger partial charge in [0.2, 0.25) is 0 Å². The van der Waals surface area contributed by atoms with E-state index in [9.17, 15) is 0 Å². The van der Waals surface area contributed by atoms with Crippen LogP contribution in [0.1, 0.15) is 24.5 Å². The molecule has 0 heterocycles. The fraction of sp³-hybridized carbons (Fsp3) is 0.211. The van der Waals surface area contributed by atoms with E-state index >= 15 is 0 Å². The van der Waals surface area contributed by atoms with Crippen LogP contribution in [0.15, 0.2) is 48.1 Å². The van der Waals surface area contributed by atoms with Crippen molar-refractivity contribution in [2.45, 2.75) is 27.2 Å². The van der Waals surface area contributed by atoms with Gasteiger partial charge >= 0.3 is 30.2 Å². The molecule has 0 amide bonds. The van der Waals surface area contributed by atoms with Crippen LogP contribution in [0.5, 0.6) is 0 Å². The summed E-state index contributed by atoms with van der Waals surface area (Å²) < 4.78 is 0. The first-order valence-corrected chi connectivity index (χ1v) is 10.5. The Morgan fingerprint density at radius 1 is 1.04 bits per heavy atom. The minimum atomic E-state index is 0. The van der Waals surface area contributed by atoms with E-state index in [1.807, 2.05) is 6.08 Å². The van der Waals surface area contributed by atoms with E-state index in [1.54, 1.807) is 0 Å². The third-order valence-electron chi connectivity index (χ3n) is 3.20. The second-order valence-corrected chi connectivity index (χ2v) is 4.54. The van der Waals surface area contributed by atoms with Crippen molar-refractivity contribution in [3.63, 3.8) is 0 Å². The summed E-state index contributed by atoms with van der Waals surface area (Å²) in [5.74, 6) is 0. The van der Waals surface area contributed by atoms with E-state index in [-0.39, 0.29) is 39.7 Å². The maximum atomic E-state index is 3.06. The summed E-state index contributed by atoms with van der Waals surface area (Å²) in [5.41, 5.74) is 4.15. The van der Waals surface area contributed by atoms with E-state index in [1.165, 1.54) is 50.8 Å². The van der Waals surface area contributed by atoms with Crippen molar-refractivity contribution in [1.29, 1.82) is 0 Å². The quantitative estimate of drug-likeness (QED) is 0.334. The van der Waals surface area contributed by atoms with Crippen LogP contribution in [0.4, 0.5) is 0 Å². The summed E-state index contributed by atoms with van der Waals surface area (Å²) in [6.07, 6.45) is 8.24. The molecule has 0 bridgehead atoms. The fourth-order valence-electron chi connectivity index (χ4n) is 2.02. The van der Waals surface area contributed by atoms with Crippen molar-refractivity contribution in [2.75, 3.05) is 0 Å². The van der Waals surface area contributed by atoms with Gasteiger partial charge in [0.05, 0.1) is 0 Å². The van der Waals surface area contributed by atoms with Gasteiger partial charge in [0.25, 0.3) is 0 Å². The molecule has 1 aliphatic rings. The van der Waals surface area contributed by atoms with Crippen LogP contribution in [0.2, 0.25) is 0 Å². The first-order chi connectivity index (χ1) is 9.18. The molecule has 1 aliphatic carbocycles. The van der Waals surface area contributed by atoms with E-state index in [2.05, 4.69) is 70.1 Å². The molecule has 3 rings (SSSR count). The fourth-order valence-corrected chi connectivity index (χ4v) is 2.02. The Morgan fingerprint density at radius 2 is 1.61 bits per heavy atom. The number of aryl methyl sites for hydroxylation is 2. The number of hydrogen-bond donors (Lipinski definition) is 0. The van der Waals surface area contributed by atoms with Crippen LogP contribution >= 0.6 is 24.8 Å². The topological polar surface area (TPSA) is 0 Å². The van der Waals surface area contributed by atoms with Gasteiger partial charge in [-0.25, -0.2) is 11.6 Å². The predicted octanol–water partition coefficient (Wildman–Crippen LogP) is 6.23. The van der Waals surface area contributed by atoms with Gasteiger partial charge in [-0.3, -0.25) is 6.08 Å². The van der Waals surface area contributed by atoms with E-state index in [0.29, 0.717) is 0 Å². The summed E-state index contributed by atoms with van der Waals surface area (Å²) in [6.45, 7) is 9.49. The van der Waals surface area contributed by atoms with Crippen LogP contribution in [0, 0.1) is 34.8 Å². The zero-order valence-electron chi connectivity index (χ0n) is 14.6. The molecular formula is C19H26Cl2SiZr-4. The van der Waals surface area contributed by atoms with Crippen molar-refractivity contribution in [2.24, 2.45) is 0 Å². The molecule has 0 fully saturated rings. The van der Waals surface area contributed by atoms with Gasteiger partial charge in [0.1, 0.15) is 0 Å². The number of allylic oxidation sites excluding steroid dienone is 4. The monoisotopic (exact) mass is 442 g/mol. The number of fused-ring (bicyclic) bond motifs is 1. The van der Waals surface area contributed by atoms with Crippen molar-refractivity contribution in [3.05, 3.63) is 80.1 Å². The molecule has 0 aliphatic heterocycles. The number of hydrogen-bond acceptors (Lipinski definition) is 0. The van der Waals surface area contributed by atoms with E-state index in [0.717, 1.165) is 6.42 Å². The number of benzene rings is 1. The maximum absolute atomic E-state index is 3.06. The molecule has 23 heavy (non-hydrogen) atoms. The minimum absolute atomic E-state index is 0. The van der Waals surface area contributed by atoms with Crippen LogP contribution in [0.25, 0.3) is 10.8 Å². The molecule has 0 N–H and O–H groups in total. The van der Waals surface area contributed by atoms with Crippen molar-refractivity contribution in [1.82, 2.24) is 0 Å². The number of rotatable bonds is 0. The molecule has 2 aromatic rings. The Kier molecular flexibility index (Phi) is 22.6. The van der Waals surface area contributed by atoms with Gasteiger partial charge in [0.15, 0.2) is 0 Å². The molecule has 4 heteroatoms. The van der Waals surface area contributed by atoms with Crippen LogP contribution in [-0.4, -0.2) is 6.88 Å². The Morgan fingerprint density at radius 3 is 2.00 bits per heavy atom. The average molecular weight is 445 g/mol. The molecule has 2 aromatic carbocycles. The zero-order valence-corrected chi connectivity index (χ0v) is 19.7. The predicted molar refractivity (Wildman–Crippen MR) is 108 cm³/mol. The molecule has 0 nitrogen and oxygen atoms in total. The summed E-state index contributed by atoms with van der Waals surface area (Å²) in [6, 6.07) is 10.8. The molecular weight excluding hydrogens is 418 g/mol. The van der Waals surface area contributed by atoms with Gasteiger partial charge in [-0.05, 0) is 0 Å². The van der Waals surface area contributed by atoms with E-state index in [4.69, 9.17) is 0 Å². The Hall–Kier alpha value is -0.01000. The zero-order chi connectivity index (χ0) is 14.3. The van der Waals surface area contributed by atoms with E-state index < -0.39 is 0 Å². The first kappa shape index (κ1) is 30.8. The molecule has 0 atom stereocenters. The summed E-state index contributed by atoms with van der Waals surface area (Å²) in [4.78, 5) is 0. The van der Waals surface area contributed by atoms with Gasteiger partial charge in [-0.15, -0.1) is 78.8 Å². The first-order valence-electron chi connectivity index (χ1n) is 6.28.